The molecular formula is C24H26ClFN2O. The van der Waals surface area contributed by atoms with Crippen molar-refractivity contribution in [3.8, 4) is 0 Å². The van der Waals surface area contributed by atoms with Gasteiger partial charge in [0.25, 0.3) is 0 Å². The average molecular weight is 413 g/mol. The van der Waals surface area contributed by atoms with Crippen LogP contribution in [-0.2, 0) is 18.6 Å². The summed E-state index contributed by atoms with van der Waals surface area (Å²) in [5.41, 5.74) is 3.69. The first-order valence-corrected chi connectivity index (χ1v) is 10.8. The summed E-state index contributed by atoms with van der Waals surface area (Å²) in [7, 11) is 0. The lowest BCUT2D eigenvalue weighted by molar-refractivity contribution is -0.0215. The molecule has 2 N–H and O–H groups in total. The highest BCUT2D eigenvalue weighted by Gasteiger charge is 2.43. The van der Waals surface area contributed by atoms with Gasteiger partial charge in [0.15, 0.2) is 0 Å². The summed E-state index contributed by atoms with van der Waals surface area (Å²) < 4.78 is 15.9. The number of aromatic nitrogens is 1. The van der Waals surface area contributed by atoms with Crippen LogP contribution in [0.15, 0.2) is 42.5 Å². The second kappa shape index (κ2) is 7.12. The van der Waals surface area contributed by atoms with Gasteiger partial charge in [-0.2, -0.15) is 0 Å². The Morgan fingerprint density at radius 2 is 2.00 bits per heavy atom. The summed E-state index contributed by atoms with van der Waals surface area (Å²) in [5, 5.41) is 17.3. The van der Waals surface area contributed by atoms with Crippen molar-refractivity contribution in [1.82, 2.24) is 9.88 Å². The highest BCUT2D eigenvalue weighted by Crippen LogP contribution is 2.47. The number of halogens is 2. The fraction of sp³-hybridized carbons (Fsp3) is 0.417. The molecule has 2 aromatic carbocycles. The molecule has 3 nitrogen and oxygen atoms in total. The molecule has 3 unspecified atom stereocenters. The van der Waals surface area contributed by atoms with Crippen LogP contribution in [0.25, 0.3) is 10.9 Å². The number of hydrogen-bond donors (Lipinski definition) is 2. The molecule has 29 heavy (non-hydrogen) atoms. The molecule has 1 aromatic heterocycles. The largest absolute Gasteiger partial charge is 0.385 e. The molecule has 0 fully saturated rings. The van der Waals surface area contributed by atoms with E-state index in [1.807, 2.05) is 13.0 Å². The monoisotopic (exact) mass is 412 g/mol. The van der Waals surface area contributed by atoms with Crippen molar-refractivity contribution in [2.45, 2.75) is 44.2 Å². The van der Waals surface area contributed by atoms with Crippen LogP contribution >= 0.6 is 11.6 Å². The average Bonchev–Trinajstić information content (AvgIpc) is 2.84. The standard InChI is InChI=1S/C24H26ClFN2O/c1-24(29,15-4-7-17(26)8-5-15)21-3-2-12-28-22-9-6-16(25)13-19(22)18-10-11-27-14-20(21)23(18)28/h4-9,13,20-21,27,29H,2-3,10-12,14H2,1H3. The number of fused-ring (bicyclic) bond motifs is 3. The molecule has 152 valence electrons. The summed E-state index contributed by atoms with van der Waals surface area (Å²) >= 11 is 6.34. The summed E-state index contributed by atoms with van der Waals surface area (Å²) in [6.07, 6.45) is 2.88. The second-order valence-electron chi connectivity index (χ2n) is 8.64. The molecule has 5 rings (SSSR count). The zero-order chi connectivity index (χ0) is 20.2. The highest BCUT2D eigenvalue weighted by molar-refractivity contribution is 6.31. The van der Waals surface area contributed by atoms with Gasteiger partial charge in [0.05, 0.1) is 5.60 Å². The molecule has 3 heterocycles. The van der Waals surface area contributed by atoms with Crippen LogP contribution in [0, 0.1) is 11.7 Å². The van der Waals surface area contributed by atoms with Crippen LogP contribution in [-0.4, -0.2) is 22.8 Å². The number of rotatable bonds is 2. The van der Waals surface area contributed by atoms with E-state index in [4.69, 9.17) is 11.6 Å². The number of aryl methyl sites for hydroxylation is 1. The maximum Gasteiger partial charge on any atom is 0.123 e. The third kappa shape index (κ3) is 3.09. The number of benzene rings is 2. The van der Waals surface area contributed by atoms with E-state index in [9.17, 15) is 9.50 Å². The van der Waals surface area contributed by atoms with Crippen LogP contribution in [0.2, 0.25) is 5.02 Å². The SMILES string of the molecule is CC(O)(c1ccc(F)cc1)C1CCCn2c3c(c4cc(Cl)ccc42)CCNCC31. The van der Waals surface area contributed by atoms with E-state index in [0.717, 1.165) is 49.5 Å². The first-order chi connectivity index (χ1) is 14.0. The minimum Gasteiger partial charge on any atom is -0.385 e. The van der Waals surface area contributed by atoms with Crippen molar-refractivity contribution >= 4 is 22.5 Å². The molecule has 0 spiro atoms. The molecule has 0 saturated carbocycles. The Bertz CT molecular complexity index is 1060. The minimum atomic E-state index is -1.04. The Morgan fingerprint density at radius 3 is 2.79 bits per heavy atom. The van der Waals surface area contributed by atoms with E-state index in [2.05, 4.69) is 22.0 Å². The second-order valence-corrected chi connectivity index (χ2v) is 9.08. The van der Waals surface area contributed by atoms with Gasteiger partial charge in [0.1, 0.15) is 5.82 Å². The topological polar surface area (TPSA) is 37.2 Å². The Labute approximate surface area is 175 Å². The van der Waals surface area contributed by atoms with E-state index in [0.29, 0.717) is 0 Å². The quantitative estimate of drug-likeness (QED) is 0.622. The normalized spacial score (nSPS) is 23.9. The lowest BCUT2D eigenvalue weighted by atomic mass is 9.72. The first kappa shape index (κ1) is 19.1. The van der Waals surface area contributed by atoms with Crippen molar-refractivity contribution in [1.29, 1.82) is 0 Å². The molecule has 2 aliphatic rings. The van der Waals surface area contributed by atoms with Crippen LogP contribution in [0.4, 0.5) is 4.39 Å². The van der Waals surface area contributed by atoms with Crippen molar-refractivity contribution in [2.75, 3.05) is 13.1 Å². The van der Waals surface area contributed by atoms with Gasteiger partial charge in [-0.15, -0.1) is 0 Å². The van der Waals surface area contributed by atoms with Gasteiger partial charge in [-0.1, -0.05) is 23.7 Å². The Morgan fingerprint density at radius 1 is 1.21 bits per heavy atom. The van der Waals surface area contributed by atoms with Crippen LogP contribution in [0.1, 0.15) is 42.5 Å². The van der Waals surface area contributed by atoms with Gasteiger partial charge in [-0.25, -0.2) is 4.39 Å². The number of hydrogen-bond acceptors (Lipinski definition) is 2. The summed E-state index contributed by atoms with van der Waals surface area (Å²) in [5.74, 6) is -0.0552. The molecule has 2 aliphatic heterocycles. The van der Waals surface area contributed by atoms with E-state index >= 15 is 0 Å². The summed E-state index contributed by atoms with van der Waals surface area (Å²) in [4.78, 5) is 0. The zero-order valence-electron chi connectivity index (χ0n) is 16.6. The van der Waals surface area contributed by atoms with Crippen LogP contribution in [0.3, 0.4) is 0 Å². The van der Waals surface area contributed by atoms with Crippen molar-refractivity contribution < 1.29 is 9.50 Å². The maximum absolute atomic E-state index is 13.5. The van der Waals surface area contributed by atoms with Gasteiger partial charge in [-0.3, -0.25) is 0 Å². The molecule has 3 aromatic rings. The van der Waals surface area contributed by atoms with Gasteiger partial charge < -0.3 is 15.0 Å². The Balaban J connectivity index is 1.68. The molecule has 0 aliphatic carbocycles. The van der Waals surface area contributed by atoms with Gasteiger partial charge in [-0.05, 0) is 74.2 Å². The predicted octanol–water partition coefficient (Wildman–Crippen LogP) is 4.98. The van der Waals surface area contributed by atoms with E-state index in [-0.39, 0.29) is 17.7 Å². The molecule has 3 atom stereocenters. The number of nitrogens with zero attached hydrogens (tertiary/aromatic N) is 1. The Hall–Kier alpha value is -1.88. The van der Waals surface area contributed by atoms with Crippen molar-refractivity contribution in [3.63, 3.8) is 0 Å². The summed E-state index contributed by atoms with van der Waals surface area (Å²) in [6, 6.07) is 12.5. The van der Waals surface area contributed by atoms with Gasteiger partial charge >= 0.3 is 0 Å². The Kier molecular flexibility index (Phi) is 4.69. The summed E-state index contributed by atoms with van der Waals surface area (Å²) in [6.45, 7) is 4.59. The molecule has 0 radical (unpaired) electrons. The number of nitrogens with one attached hydrogen (secondary N) is 1. The van der Waals surface area contributed by atoms with E-state index in [1.54, 1.807) is 12.1 Å². The van der Waals surface area contributed by atoms with E-state index in [1.165, 1.54) is 34.3 Å². The highest BCUT2D eigenvalue weighted by atomic mass is 35.5. The van der Waals surface area contributed by atoms with Crippen molar-refractivity contribution in [3.05, 3.63) is 70.1 Å². The molecule has 0 bridgehead atoms. The maximum atomic E-state index is 13.5. The van der Waals surface area contributed by atoms with Crippen LogP contribution in [0.5, 0.6) is 0 Å². The van der Waals surface area contributed by atoms with E-state index < -0.39 is 5.60 Å². The fourth-order valence-corrected chi connectivity index (χ4v) is 5.76. The molecule has 5 heteroatoms. The third-order valence-electron chi connectivity index (χ3n) is 6.97. The fourth-order valence-electron chi connectivity index (χ4n) is 5.59. The van der Waals surface area contributed by atoms with Gasteiger partial charge in [0.2, 0.25) is 0 Å². The molecule has 0 saturated heterocycles. The zero-order valence-corrected chi connectivity index (χ0v) is 17.3. The predicted molar refractivity (Wildman–Crippen MR) is 115 cm³/mol. The minimum absolute atomic E-state index is 0.0401. The van der Waals surface area contributed by atoms with Gasteiger partial charge in [0, 0.05) is 46.5 Å². The smallest absolute Gasteiger partial charge is 0.123 e. The number of aliphatic hydroxyl groups is 1. The van der Waals surface area contributed by atoms with Crippen LogP contribution < -0.4 is 5.32 Å². The first-order valence-electron chi connectivity index (χ1n) is 10.5. The van der Waals surface area contributed by atoms with Crippen molar-refractivity contribution in [2.24, 2.45) is 5.92 Å². The molecule has 0 amide bonds. The lowest BCUT2D eigenvalue weighted by Gasteiger charge is -2.38. The lowest BCUT2D eigenvalue weighted by Crippen LogP contribution is -2.39. The third-order valence-corrected chi connectivity index (χ3v) is 7.21. The molecular weight excluding hydrogens is 387 g/mol.